The molecule has 1 fully saturated rings. The second-order valence-corrected chi connectivity index (χ2v) is 7.43. The third-order valence-electron chi connectivity index (χ3n) is 5.01. The van der Waals surface area contributed by atoms with Gasteiger partial charge in [-0.1, -0.05) is 13.8 Å². The minimum absolute atomic E-state index is 0.00226. The maximum absolute atomic E-state index is 12.4. The number of rotatable bonds is 7. The van der Waals surface area contributed by atoms with Gasteiger partial charge in [0.1, 0.15) is 5.75 Å². The fourth-order valence-corrected chi connectivity index (χ4v) is 3.30. The van der Waals surface area contributed by atoms with Crippen LogP contribution in [0.5, 0.6) is 5.75 Å². The molecular formula is C20H34N3O2+. The molecular weight excluding hydrogens is 314 g/mol. The van der Waals surface area contributed by atoms with E-state index in [1.807, 2.05) is 36.1 Å². The largest absolute Gasteiger partial charge is 0.494 e. The van der Waals surface area contributed by atoms with Crippen molar-refractivity contribution in [3.8, 4) is 5.75 Å². The van der Waals surface area contributed by atoms with E-state index < -0.39 is 0 Å². The number of hydrogen-bond donors (Lipinski definition) is 2. The van der Waals surface area contributed by atoms with Gasteiger partial charge in [0.25, 0.3) is 0 Å². The molecule has 1 heterocycles. The maximum atomic E-state index is 12.4. The first kappa shape index (κ1) is 19.6. The van der Waals surface area contributed by atoms with Crippen molar-refractivity contribution in [1.82, 2.24) is 4.90 Å². The number of hydrogen-bond acceptors (Lipinski definition) is 2. The molecule has 25 heavy (non-hydrogen) atoms. The molecule has 2 rings (SSSR count). The highest BCUT2D eigenvalue weighted by Gasteiger charge is 2.27. The molecule has 0 radical (unpaired) electrons. The molecule has 0 aliphatic carbocycles. The maximum Gasteiger partial charge on any atom is 0.321 e. The number of urea groups is 1. The van der Waals surface area contributed by atoms with Gasteiger partial charge in [-0.05, 0) is 43.5 Å². The van der Waals surface area contributed by atoms with E-state index in [0.717, 1.165) is 43.3 Å². The Morgan fingerprint density at radius 2 is 1.92 bits per heavy atom. The summed E-state index contributed by atoms with van der Waals surface area (Å²) in [6, 6.07) is 8.23. The van der Waals surface area contributed by atoms with Gasteiger partial charge in [-0.3, -0.25) is 0 Å². The van der Waals surface area contributed by atoms with Crippen molar-refractivity contribution in [3.63, 3.8) is 0 Å². The van der Waals surface area contributed by atoms with E-state index >= 15 is 0 Å². The minimum atomic E-state index is 0.00226. The molecule has 1 aliphatic heterocycles. The molecule has 1 aromatic carbocycles. The number of amides is 2. The molecule has 1 saturated heterocycles. The van der Waals surface area contributed by atoms with Crippen molar-refractivity contribution in [3.05, 3.63) is 24.3 Å². The summed E-state index contributed by atoms with van der Waals surface area (Å²) in [5, 5.41) is 2.99. The Morgan fingerprint density at radius 1 is 1.28 bits per heavy atom. The Labute approximate surface area is 152 Å². The number of nitrogens with zero attached hydrogens (tertiary/aromatic N) is 1. The molecule has 0 bridgehead atoms. The van der Waals surface area contributed by atoms with Crippen LogP contribution in [0.2, 0.25) is 0 Å². The summed E-state index contributed by atoms with van der Waals surface area (Å²) in [6.45, 7) is 10.1. The van der Waals surface area contributed by atoms with Gasteiger partial charge >= 0.3 is 6.03 Å². The molecule has 1 unspecified atom stereocenters. The summed E-state index contributed by atoms with van der Waals surface area (Å²) in [5.74, 6) is 1.59. The van der Waals surface area contributed by atoms with Gasteiger partial charge in [0.15, 0.2) is 0 Å². The zero-order valence-electron chi connectivity index (χ0n) is 16.2. The van der Waals surface area contributed by atoms with E-state index in [2.05, 4.69) is 26.2 Å². The number of piperidine rings is 1. The molecule has 2 amide bonds. The normalized spacial score (nSPS) is 16.8. The first-order chi connectivity index (χ1) is 12.0. The van der Waals surface area contributed by atoms with Crippen LogP contribution in [0, 0.1) is 5.92 Å². The topological polar surface area (TPSA) is 46.0 Å². The summed E-state index contributed by atoms with van der Waals surface area (Å²) in [4.78, 5) is 16.0. The molecule has 1 aliphatic rings. The number of quaternary nitrogens is 1. The Bertz CT molecular complexity index is 522. The van der Waals surface area contributed by atoms with Gasteiger partial charge in [0.2, 0.25) is 0 Å². The van der Waals surface area contributed by atoms with E-state index in [-0.39, 0.29) is 6.03 Å². The molecule has 0 spiro atoms. The van der Waals surface area contributed by atoms with Crippen LogP contribution in [0.15, 0.2) is 24.3 Å². The van der Waals surface area contributed by atoms with Crippen LogP contribution in [0.25, 0.3) is 0 Å². The highest BCUT2D eigenvalue weighted by Crippen LogP contribution is 2.17. The number of carbonyl (C=O) groups is 1. The third-order valence-corrected chi connectivity index (χ3v) is 5.01. The lowest BCUT2D eigenvalue weighted by atomic mass is 10.0. The van der Waals surface area contributed by atoms with Crippen LogP contribution >= 0.6 is 0 Å². The van der Waals surface area contributed by atoms with Crippen LogP contribution in [0.3, 0.4) is 0 Å². The number of nitrogens with one attached hydrogen (secondary N) is 2. The molecule has 5 heteroatoms. The summed E-state index contributed by atoms with van der Waals surface area (Å²) >= 11 is 0. The molecule has 0 aromatic heterocycles. The van der Waals surface area contributed by atoms with E-state index in [4.69, 9.17) is 4.74 Å². The summed E-state index contributed by atoms with van der Waals surface area (Å²) in [7, 11) is 2.29. The van der Waals surface area contributed by atoms with Crippen LogP contribution in [-0.2, 0) is 0 Å². The Hall–Kier alpha value is -1.75. The Morgan fingerprint density at radius 3 is 2.48 bits per heavy atom. The van der Waals surface area contributed by atoms with Gasteiger partial charge in [-0.15, -0.1) is 0 Å². The summed E-state index contributed by atoms with van der Waals surface area (Å²) in [5.41, 5.74) is 0.815. The Kier molecular flexibility index (Phi) is 7.56. The van der Waals surface area contributed by atoms with Gasteiger partial charge in [-0.2, -0.15) is 0 Å². The third kappa shape index (κ3) is 6.24. The lowest BCUT2D eigenvalue weighted by molar-refractivity contribution is -0.907. The molecule has 1 atom stereocenters. The molecule has 140 valence electrons. The lowest BCUT2D eigenvalue weighted by Gasteiger charge is -2.34. The van der Waals surface area contributed by atoms with Crippen molar-refractivity contribution in [2.45, 2.75) is 46.1 Å². The highest BCUT2D eigenvalue weighted by atomic mass is 16.5. The monoisotopic (exact) mass is 348 g/mol. The van der Waals surface area contributed by atoms with E-state index in [0.29, 0.717) is 12.6 Å². The average molecular weight is 349 g/mol. The zero-order chi connectivity index (χ0) is 18.2. The standard InChI is InChI=1S/C20H33N3O2/c1-5-25-19-8-6-17(7-9-19)21-20(24)23-14-11-18(12-15-23)22(4)13-10-16(2)3/h6-9,16,18H,5,10-15H2,1-4H3,(H,21,24)/p+1. The second kappa shape index (κ2) is 9.66. The van der Waals surface area contributed by atoms with E-state index in [1.165, 1.54) is 13.0 Å². The van der Waals surface area contributed by atoms with Crippen molar-refractivity contribution in [2.75, 3.05) is 38.6 Å². The minimum Gasteiger partial charge on any atom is -0.494 e. The number of likely N-dealkylation sites (tertiary alicyclic amines) is 1. The van der Waals surface area contributed by atoms with E-state index in [9.17, 15) is 4.79 Å². The predicted octanol–water partition coefficient (Wildman–Crippen LogP) is 2.64. The number of anilines is 1. The Balaban J connectivity index is 1.77. The van der Waals surface area contributed by atoms with Gasteiger partial charge in [0, 0.05) is 31.6 Å². The van der Waals surface area contributed by atoms with Gasteiger partial charge < -0.3 is 19.9 Å². The number of carbonyl (C=O) groups excluding carboxylic acids is 1. The predicted molar refractivity (Wildman–Crippen MR) is 102 cm³/mol. The highest BCUT2D eigenvalue weighted by molar-refractivity contribution is 5.89. The SMILES string of the molecule is CCOc1ccc(NC(=O)N2CCC([NH+](C)CCC(C)C)CC2)cc1. The molecule has 2 N–H and O–H groups in total. The van der Waals surface area contributed by atoms with Crippen molar-refractivity contribution in [1.29, 1.82) is 0 Å². The fourth-order valence-electron chi connectivity index (χ4n) is 3.30. The first-order valence-electron chi connectivity index (χ1n) is 9.60. The molecule has 1 aromatic rings. The second-order valence-electron chi connectivity index (χ2n) is 7.43. The molecule has 0 saturated carbocycles. The zero-order valence-corrected chi connectivity index (χ0v) is 16.2. The fraction of sp³-hybridized carbons (Fsp3) is 0.650. The average Bonchev–Trinajstić information content (AvgIpc) is 2.61. The quantitative estimate of drug-likeness (QED) is 0.796. The van der Waals surface area contributed by atoms with E-state index in [1.54, 1.807) is 4.90 Å². The number of ether oxygens (including phenoxy) is 1. The van der Waals surface area contributed by atoms with Crippen molar-refractivity contribution < 1.29 is 14.4 Å². The lowest BCUT2D eigenvalue weighted by Crippen LogP contribution is -3.13. The van der Waals surface area contributed by atoms with Crippen molar-refractivity contribution >= 4 is 11.7 Å². The van der Waals surface area contributed by atoms with Gasteiger partial charge in [0.05, 0.1) is 26.2 Å². The van der Waals surface area contributed by atoms with Crippen LogP contribution in [0.1, 0.15) is 40.0 Å². The van der Waals surface area contributed by atoms with Gasteiger partial charge in [-0.25, -0.2) is 4.79 Å². The summed E-state index contributed by atoms with van der Waals surface area (Å²) in [6.07, 6.45) is 3.44. The smallest absolute Gasteiger partial charge is 0.321 e. The molecule has 5 nitrogen and oxygen atoms in total. The first-order valence-corrected chi connectivity index (χ1v) is 9.60. The van der Waals surface area contributed by atoms with Crippen molar-refractivity contribution in [2.24, 2.45) is 5.92 Å². The van der Waals surface area contributed by atoms with Crippen LogP contribution in [-0.4, -0.2) is 50.3 Å². The summed E-state index contributed by atoms with van der Waals surface area (Å²) < 4.78 is 5.43. The van der Waals surface area contributed by atoms with Crippen LogP contribution < -0.4 is 15.0 Å². The van der Waals surface area contributed by atoms with Crippen LogP contribution in [0.4, 0.5) is 10.5 Å². The number of benzene rings is 1.